The van der Waals surface area contributed by atoms with Crippen molar-refractivity contribution < 1.29 is 36.4 Å². The van der Waals surface area contributed by atoms with Gasteiger partial charge in [0.2, 0.25) is 0 Å². The van der Waals surface area contributed by atoms with Crippen molar-refractivity contribution in [3.63, 3.8) is 0 Å². The van der Waals surface area contributed by atoms with E-state index in [4.69, 9.17) is 9.66 Å². The normalized spacial score (nSPS) is 12.5. The second-order valence-corrected chi connectivity index (χ2v) is 4.06. The Morgan fingerprint density at radius 1 is 1.47 bits per heavy atom. The summed E-state index contributed by atoms with van der Waals surface area (Å²) in [5, 5.41) is 3.77. The van der Waals surface area contributed by atoms with E-state index in [1.54, 1.807) is 0 Å². The van der Waals surface area contributed by atoms with Crippen LogP contribution in [-0.4, -0.2) is 42.5 Å². The summed E-state index contributed by atoms with van der Waals surface area (Å²) < 4.78 is 57.1. The molecule has 0 aliphatic carbocycles. The van der Waals surface area contributed by atoms with E-state index in [9.17, 15) is 22.0 Å². The van der Waals surface area contributed by atoms with Crippen molar-refractivity contribution in [1.29, 1.82) is 0 Å². The molecule has 0 aromatic carbocycles. The lowest BCUT2D eigenvalue weighted by Crippen LogP contribution is -2.34. The van der Waals surface area contributed by atoms with E-state index in [1.165, 1.54) is 0 Å². The van der Waals surface area contributed by atoms with Crippen molar-refractivity contribution in [1.82, 2.24) is 0 Å². The quantitative estimate of drug-likeness (QED) is 0.510. The summed E-state index contributed by atoms with van der Waals surface area (Å²) in [6.07, 6.45) is 0. The van der Waals surface area contributed by atoms with Crippen LogP contribution in [0.3, 0.4) is 0 Å². The molecule has 88 valence electrons. The fourth-order valence-electron chi connectivity index (χ4n) is 0.429. The highest BCUT2D eigenvalue weighted by atomic mass is 32.2. The fourth-order valence-corrected chi connectivity index (χ4v) is 0.662. The first-order valence-electron chi connectivity index (χ1n) is 3.41. The minimum absolute atomic E-state index is 0.513. The predicted octanol–water partition coefficient (Wildman–Crippen LogP) is 0.124. The number of rotatable bonds is 6. The Morgan fingerprint density at radius 3 is 2.27 bits per heavy atom. The Kier molecular flexibility index (Phi) is 4.31. The maximum Gasteiger partial charge on any atom is 0.392 e. The molecule has 0 heterocycles. The fraction of sp³-hybridized carbons (Fsp3) is 0.500. The molecule has 0 aromatic heterocycles. The van der Waals surface area contributed by atoms with Gasteiger partial charge in [-0.1, -0.05) is 6.58 Å². The van der Waals surface area contributed by atoms with Gasteiger partial charge >= 0.3 is 21.3 Å². The van der Waals surface area contributed by atoms with Gasteiger partial charge in [-0.15, -0.1) is 0 Å². The van der Waals surface area contributed by atoms with Gasteiger partial charge in [0.1, 0.15) is 6.61 Å². The molecule has 0 radical (unpaired) electrons. The standard InChI is InChI=1S/C6H8F2O6S/c1-4(5(9)10)2-14-3-6(7,8)15(11,12)13/h1-3H2,(H,9,10)(H,11,12,13). The van der Waals surface area contributed by atoms with Gasteiger partial charge in [-0.2, -0.15) is 17.2 Å². The average molecular weight is 246 g/mol. The molecular formula is C6H8F2O6S. The van der Waals surface area contributed by atoms with Crippen molar-refractivity contribution in [2.24, 2.45) is 0 Å². The van der Waals surface area contributed by atoms with Gasteiger partial charge in [0.25, 0.3) is 0 Å². The van der Waals surface area contributed by atoms with Crippen LogP contribution in [0.4, 0.5) is 8.78 Å². The first kappa shape index (κ1) is 13.9. The summed E-state index contributed by atoms with van der Waals surface area (Å²) in [6, 6.07) is 0. The molecule has 0 amide bonds. The number of hydrogen-bond acceptors (Lipinski definition) is 4. The minimum atomic E-state index is -5.56. The Labute approximate surface area is 83.9 Å². The van der Waals surface area contributed by atoms with Gasteiger partial charge in [0, 0.05) is 0 Å². The number of carboxylic acid groups (broad SMARTS) is 1. The number of halogens is 2. The number of carboxylic acids is 1. The average Bonchev–Trinajstić information content (AvgIpc) is 2.01. The van der Waals surface area contributed by atoms with Crippen molar-refractivity contribution >= 4 is 16.1 Å². The zero-order valence-electron chi connectivity index (χ0n) is 7.31. The maximum absolute atomic E-state index is 12.4. The molecule has 0 saturated carbocycles. The number of alkyl halides is 2. The van der Waals surface area contributed by atoms with Crippen molar-refractivity contribution in [2.75, 3.05) is 13.2 Å². The Morgan fingerprint density at radius 2 is 1.93 bits per heavy atom. The number of ether oxygens (including phenoxy) is 1. The van der Waals surface area contributed by atoms with E-state index in [0.717, 1.165) is 0 Å². The van der Waals surface area contributed by atoms with E-state index >= 15 is 0 Å². The van der Waals surface area contributed by atoms with Gasteiger partial charge < -0.3 is 9.84 Å². The predicted molar refractivity (Wildman–Crippen MR) is 44.1 cm³/mol. The summed E-state index contributed by atoms with van der Waals surface area (Å²) >= 11 is 0. The Balaban J connectivity index is 4.19. The third-order valence-corrected chi connectivity index (χ3v) is 2.10. The van der Waals surface area contributed by atoms with Crippen LogP contribution in [0.25, 0.3) is 0 Å². The van der Waals surface area contributed by atoms with Crippen molar-refractivity contribution in [3.8, 4) is 0 Å². The monoisotopic (exact) mass is 246 g/mol. The lowest BCUT2D eigenvalue weighted by molar-refractivity contribution is -0.133. The first-order chi connectivity index (χ1) is 6.58. The van der Waals surface area contributed by atoms with Crippen LogP contribution >= 0.6 is 0 Å². The van der Waals surface area contributed by atoms with Crippen LogP contribution < -0.4 is 0 Å². The van der Waals surface area contributed by atoms with Gasteiger partial charge in [-0.05, 0) is 0 Å². The van der Waals surface area contributed by atoms with Crippen LogP contribution in [0.15, 0.2) is 12.2 Å². The highest BCUT2D eigenvalue weighted by molar-refractivity contribution is 7.86. The molecule has 0 rings (SSSR count). The summed E-state index contributed by atoms with van der Waals surface area (Å²) in [5.41, 5.74) is -0.513. The number of carbonyl (C=O) groups is 1. The summed E-state index contributed by atoms with van der Waals surface area (Å²) in [6.45, 7) is 0.550. The summed E-state index contributed by atoms with van der Waals surface area (Å²) in [4.78, 5) is 10.1. The molecule has 0 aliphatic heterocycles. The third-order valence-electron chi connectivity index (χ3n) is 1.23. The lowest BCUT2D eigenvalue weighted by Gasteiger charge is -2.12. The zero-order valence-corrected chi connectivity index (χ0v) is 8.13. The summed E-state index contributed by atoms with van der Waals surface area (Å²) in [7, 11) is -5.56. The Hall–Kier alpha value is -1.06. The molecule has 0 atom stereocenters. The van der Waals surface area contributed by atoms with Gasteiger partial charge in [-0.3, -0.25) is 4.55 Å². The van der Waals surface area contributed by atoms with Crippen molar-refractivity contribution in [3.05, 3.63) is 12.2 Å². The molecule has 0 unspecified atom stereocenters. The topological polar surface area (TPSA) is 101 Å². The molecule has 0 aliphatic rings. The molecule has 0 aromatic rings. The van der Waals surface area contributed by atoms with E-state index in [-0.39, 0.29) is 0 Å². The number of hydrogen-bond donors (Lipinski definition) is 2. The van der Waals surface area contributed by atoms with Gasteiger partial charge in [-0.25, -0.2) is 4.79 Å². The molecule has 2 N–H and O–H groups in total. The van der Waals surface area contributed by atoms with Crippen LogP contribution in [0.1, 0.15) is 0 Å². The van der Waals surface area contributed by atoms with Crippen molar-refractivity contribution in [2.45, 2.75) is 5.25 Å². The lowest BCUT2D eigenvalue weighted by atomic mass is 10.3. The van der Waals surface area contributed by atoms with Crippen LogP contribution in [0.5, 0.6) is 0 Å². The van der Waals surface area contributed by atoms with E-state index in [0.29, 0.717) is 0 Å². The maximum atomic E-state index is 12.4. The largest absolute Gasteiger partial charge is 0.478 e. The zero-order chi connectivity index (χ0) is 12.3. The smallest absolute Gasteiger partial charge is 0.392 e. The Bertz CT molecular complexity index is 360. The van der Waals surface area contributed by atoms with Gasteiger partial charge in [0.05, 0.1) is 12.2 Å². The molecule has 0 saturated heterocycles. The van der Waals surface area contributed by atoms with Crippen LogP contribution in [0, 0.1) is 0 Å². The van der Waals surface area contributed by atoms with E-state index < -0.39 is 40.1 Å². The highest BCUT2D eigenvalue weighted by Gasteiger charge is 2.44. The number of aliphatic carboxylic acids is 1. The van der Waals surface area contributed by atoms with Crippen LogP contribution in [0.2, 0.25) is 0 Å². The second kappa shape index (κ2) is 4.64. The second-order valence-electron chi connectivity index (χ2n) is 2.51. The highest BCUT2D eigenvalue weighted by Crippen LogP contribution is 2.20. The summed E-state index contributed by atoms with van der Waals surface area (Å²) in [5.74, 6) is -1.45. The molecule has 6 nitrogen and oxygen atoms in total. The third kappa shape index (κ3) is 4.32. The first-order valence-corrected chi connectivity index (χ1v) is 4.85. The molecule has 0 spiro atoms. The van der Waals surface area contributed by atoms with E-state index in [2.05, 4.69) is 11.3 Å². The molecule has 0 bridgehead atoms. The van der Waals surface area contributed by atoms with E-state index in [1.807, 2.05) is 0 Å². The van der Waals surface area contributed by atoms with Gasteiger partial charge in [0.15, 0.2) is 0 Å². The molecular weight excluding hydrogens is 238 g/mol. The molecule has 9 heteroatoms. The van der Waals surface area contributed by atoms with Crippen LogP contribution in [-0.2, 0) is 19.6 Å². The molecule has 0 fully saturated rings. The molecule has 15 heavy (non-hydrogen) atoms. The SMILES string of the molecule is C=C(COCC(F)(F)S(=O)(=O)O)C(=O)O. The minimum Gasteiger partial charge on any atom is -0.478 e.